The maximum atomic E-state index is 14.0. The Morgan fingerprint density at radius 3 is 2.67 bits per heavy atom. The van der Waals surface area contributed by atoms with Gasteiger partial charge in [-0.2, -0.15) is 5.10 Å². The molecule has 0 saturated heterocycles. The van der Waals surface area contributed by atoms with Gasteiger partial charge >= 0.3 is 0 Å². The molecule has 1 saturated carbocycles. The van der Waals surface area contributed by atoms with Crippen LogP contribution < -0.4 is 5.56 Å². The molecule has 3 rings (SSSR count). The number of hydrogen-bond donors (Lipinski definition) is 1. The summed E-state index contributed by atoms with van der Waals surface area (Å²) in [7, 11) is 0. The third-order valence-electron chi connectivity index (χ3n) is 5.49. The number of nitrogens with zero attached hydrogens (tertiary/aromatic N) is 3. The minimum atomic E-state index is -1.08. The van der Waals surface area contributed by atoms with Gasteiger partial charge in [-0.3, -0.25) is 4.79 Å². The Kier molecular flexibility index (Phi) is 4.74. The van der Waals surface area contributed by atoms with E-state index in [1.165, 1.54) is 0 Å². The van der Waals surface area contributed by atoms with E-state index in [1.807, 2.05) is 4.68 Å². The fourth-order valence-corrected chi connectivity index (χ4v) is 3.65. The zero-order valence-corrected chi connectivity index (χ0v) is 14.8. The van der Waals surface area contributed by atoms with Gasteiger partial charge in [-0.1, -0.05) is 26.7 Å². The molecule has 1 fully saturated rings. The summed E-state index contributed by atoms with van der Waals surface area (Å²) in [5, 5.41) is 4.92. The smallest absolute Gasteiger partial charge is 0.262 e. The average molecular weight is 334 g/mol. The van der Waals surface area contributed by atoms with Crippen molar-refractivity contribution in [3.63, 3.8) is 0 Å². The minimum absolute atomic E-state index is 0.127. The average Bonchev–Trinajstić information content (AvgIpc) is 2.97. The second-order valence-corrected chi connectivity index (χ2v) is 7.37. The molecule has 0 bridgehead atoms. The summed E-state index contributed by atoms with van der Waals surface area (Å²) >= 11 is 0. The Morgan fingerprint density at radius 2 is 2.04 bits per heavy atom. The van der Waals surface area contributed by atoms with Crippen LogP contribution in [0.25, 0.3) is 11.0 Å². The van der Waals surface area contributed by atoms with E-state index in [4.69, 9.17) is 4.98 Å². The fraction of sp³-hybridized carbons (Fsp3) is 0.722. The third-order valence-corrected chi connectivity index (χ3v) is 5.49. The number of rotatable bonds is 5. The zero-order valence-electron chi connectivity index (χ0n) is 14.8. The van der Waals surface area contributed by atoms with Crippen LogP contribution in [0.15, 0.2) is 11.0 Å². The van der Waals surface area contributed by atoms with Gasteiger partial charge in [-0.25, -0.2) is 14.1 Å². The highest BCUT2D eigenvalue weighted by molar-refractivity contribution is 5.73. The number of hydrogen-bond acceptors (Lipinski definition) is 3. The van der Waals surface area contributed by atoms with Gasteiger partial charge in [-0.15, -0.1) is 0 Å². The van der Waals surface area contributed by atoms with Crippen LogP contribution in [0.3, 0.4) is 0 Å². The molecule has 0 aromatic carbocycles. The topological polar surface area (TPSA) is 63.6 Å². The molecule has 1 N–H and O–H groups in total. The third kappa shape index (κ3) is 3.37. The van der Waals surface area contributed by atoms with E-state index in [1.54, 1.807) is 13.1 Å². The molecular weight excluding hydrogens is 307 g/mol. The Hall–Kier alpha value is -1.72. The molecule has 132 valence electrons. The van der Waals surface area contributed by atoms with Crippen LogP contribution >= 0.6 is 0 Å². The molecule has 1 aliphatic rings. The van der Waals surface area contributed by atoms with Crippen LogP contribution in [0.5, 0.6) is 0 Å². The van der Waals surface area contributed by atoms with Crippen molar-refractivity contribution in [1.29, 1.82) is 0 Å². The molecule has 0 aliphatic heterocycles. The first-order valence-electron chi connectivity index (χ1n) is 9.09. The van der Waals surface area contributed by atoms with Crippen molar-refractivity contribution >= 4 is 11.0 Å². The van der Waals surface area contributed by atoms with Crippen molar-refractivity contribution in [2.24, 2.45) is 5.92 Å². The molecule has 0 spiro atoms. The summed E-state index contributed by atoms with van der Waals surface area (Å²) in [6.07, 6.45) is 7.03. The highest BCUT2D eigenvalue weighted by Gasteiger charge is 2.32. The lowest BCUT2D eigenvalue weighted by Crippen LogP contribution is -2.28. The zero-order chi connectivity index (χ0) is 17.3. The van der Waals surface area contributed by atoms with E-state index < -0.39 is 5.67 Å². The summed E-state index contributed by atoms with van der Waals surface area (Å²) in [5.41, 5.74) is -0.559. The van der Waals surface area contributed by atoms with Crippen molar-refractivity contribution < 1.29 is 4.39 Å². The van der Waals surface area contributed by atoms with Gasteiger partial charge in [0.25, 0.3) is 5.56 Å². The highest BCUT2D eigenvalue weighted by Crippen LogP contribution is 2.37. The van der Waals surface area contributed by atoms with Gasteiger partial charge in [0.05, 0.1) is 12.2 Å². The Balaban J connectivity index is 1.92. The number of aromatic nitrogens is 4. The SMILES string of the molecule is CCC(CC)Cc1nc2c(cnn2C2CCC(C)(F)CC2)c(=O)[nH]1. The maximum absolute atomic E-state index is 14.0. The van der Waals surface area contributed by atoms with Crippen LogP contribution in [0, 0.1) is 5.92 Å². The van der Waals surface area contributed by atoms with Crippen molar-refractivity contribution in [3.05, 3.63) is 22.4 Å². The number of aromatic amines is 1. The molecule has 0 radical (unpaired) electrons. The summed E-state index contributed by atoms with van der Waals surface area (Å²) in [4.78, 5) is 19.9. The standard InChI is InChI=1S/C18H27FN4O/c1-4-12(5-2)10-15-21-16-14(17(24)22-15)11-20-23(16)13-6-8-18(3,19)9-7-13/h11-13H,4-10H2,1-3H3,(H,21,22,24). The van der Waals surface area contributed by atoms with Gasteiger partial charge < -0.3 is 4.98 Å². The number of H-pyrrole nitrogens is 1. The molecule has 24 heavy (non-hydrogen) atoms. The lowest BCUT2D eigenvalue weighted by molar-refractivity contribution is 0.103. The van der Waals surface area contributed by atoms with E-state index in [-0.39, 0.29) is 11.6 Å². The molecule has 5 nitrogen and oxygen atoms in total. The lowest BCUT2D eigenvalue weighted by atomic mass is 9.85. The fourth-order valence-electron chi connectivity index (χ4n) is 3.65. The van der Waals surface area contributed by atoms with E-state index in [0.717, 1.165) is 37.9 Å². The first kappa shape index (κ1) is 17.1. The molecular formula is C18H27FN4O. The molecule has 0 amide bonds. The second kappa shape index (κ2) is 6.65. The van der Waals surface area contributed by atoms with Crippen molar-refractivity contribution in [2.75, 3.05) is 0 Å². The van der Waals surface area contributed by atoms with Crippen LogP contribution in [0.2, 0.25) is 0 Å². The molecule has 0 atom stereocenters. The molecule has 0 unspecified atom stereocenters. The number of fused-ring (bicyclic) bond motifs is 1. The van der Waals surface area contributed by atoms with E-state index in [0.29, 0.717) is 29.8 Å². The minimum Gasteiger partial charge on any atom is -0.310 e. The van der Waals surface area contributed by atoms with Crippen LogP contribution in [-0.2, 0) is 6.42 Å². The molecule has 2 heterocycles. The number of nitrogens with one attached hydrogen (secondary N) is 1. The molecule has 6 heteroatoms. The summed E-state index contributed by atoms with van der Waals surface area (Å²) in [6.45, 7) is 5.98. The quantitative estimate of drug-likeness (QED) is 0.901. The monoisotopic (exact) mass is 334 g/mol. The van der Waals surface area contributed by atoms with Crippen molar-refractivity contribution in [2.45, 2.75) is 77.4 Å². The van der Waals surface area contributed by atoms with Crippen LogP contribution in [0.1, 0.15) is 71.2 Å². The van der Waals surface area contributed by atoms with Gasteiger partial charge in [0, 0.05) is 6.42 Å². The molecule has 2 aromatic rings. The lowest BCUT2D eigenvalue weighted by Gasteiger charge is -2.31. The normalized spacial score (nSPS) is 24.8. The predicted molar refractivity (Wildman–Crippen MR) is 92.9 cm³/mol. The largest absolute Gasteiger partial charge is 0.310 e. The van der Waals surface area contributed by atoms with Crippen LogP contribution in [0.4, 0.5) is 4.39 Å². The van der Waals surface area contributed by atoms with Gasteiger partial charge in [0.15, 0.2) is 5.65 Å². The van der Waals surface area contributed by atoms with Gasteiger partial charge in [0.2, 0.25) is 0 Å². The first-order chi connectivity index (χ1) is 11.4. The molecule has 2 aromatic heterocycles. The van der Waals surface area contributed by atoms with E-state index in [9.17, 15) is 9.18 Å². The first-order valence-corrected chi connectivity index (χ1v) is 9.09. The highest BCUT2D eigenvalue weighted by atomic mass is 19.1. The Morgan fingerprint density at radius 1 is 1.38 bits per heavy atom. The summed E-state index contributed by atoms with van der Waals surface area (Å²) in [5.74, 6) is 1.25. The Labute approximate surface area is 141 Å². The van der Waals surface area contributed by atoms with E-state index >= 15 is 0 Å². The predicted octanol–water partition coefficient (Wildman–Crippen LogP) is 3.94. The van der Waals surface area contributed by atoms with Gasteiger partial charge in [0.1, 0.15) is 16.9 Å². The second-order valence-electron chi connectivity index (χ2n) is 7.37. The Bertz CT molecular complexity index is 750. The van der Waals surface area contributed by atoms with Crippen molar-refractivity contribution in [3.8, 4) is 0 Å². The van der Waals surface area contributed by atoms with Gasteiger partial charge in [-0.05, 0) is 38.5 Å². The van der Waals surface area contributed by atoms with E-state index in [2.05, 4.69) is 23.9 Å². The molecule has 1 aliphatic carbocycles. The van der Waals surface area contributed by atoms with Crippen LogP contribution in [-0.4, -0.2) is 25.4 Å². The summed E-state index contributed by atoms with van der Waals surface area (Å²) in [6, 6.07) is 0.127. The van der Waals surface area contributed by atoms with Crippen molar-refractivity contribution in [1.82, 2.24) is 19.7 Å². The maximum Gasteiger partial charge on any atom is 0.262 e. The number of halogens is 1. The summed E-state index contributed by atoms with van der Waals surface area (Å²) < 4.78 is 15.9. The number of alkyl halides is 1.